The molecule has 0 spiro atoms. The van der Waals surface area contributed by atoms with Gasteiger partial charge in [-0.25, -0.2) is 9.78 Å². The number of nitrogens with zero attached hydrogens (tertiary/aromatic N) is 1. The molecule has 0 fully saturated rings. The second-order valence-corrected chi connectivity index (χ2v) is 4.75. The Labute approximate surface area is 123 Å². The number of carbonyl (C=O) groups is 1. The summed E-state index contributed by atoms with van der Waals surface area (Å²) in [5, 5.41) is 8.80. The molecule has 0 bridgehead atoms. The zero-order valence-corrected chi connectivity index (χ0v) is 11.7. The van der Waals surface area contributed by atoms with Crippen molar-refractivity contribution in [1.82, 2.24) is 4.98 Å². The Morgan fingerprint density at radius 1 is 1.24 bits per heavy atom. The molecular formula is C14H10F3NO2S. The van der Waals surface area contributed by atoms with Gasteiger partial charge in [0.1, 0.15) is 10.7 Å². The first-order valence-electron chi connectivity index (χ1n) is 5.83. The van der Waals surface area contributed by atoms with E-state index in [1.54, 1.807) is 30.3 Å². The Balaban J connectivity index is 2.88. The first-order valence-corrected chi connectivity index (χ1v) is 6.27. The molecule has 0 aliphatic carbocycles. The second-order valence-electron chi connectivity index (χ2n) is 4.33. The van der Waals surface area contributed by atoms with Gasteiger partial charge in [-0.15, -0.1) is 12.6 Å². The van der Waals surface area contributed by atoms with Crippen LogP contribution in [0.25, 0.3) is 11.1 Å². The number of thiol groups is 1. The molecule has 0 radical (unpaired) electrons. The van der Waals surface area contributed by atoms with Crippen molar-refractivity contribution in [2.75, 3.05) is 0 Å². The van der Waals surface area contributed by atoms with Crippen LogP contribution in [-0.4, -0.2) is 16.1 Å². The maximum Gasteiger partial charge on any atom is 0.433 e. The summed E-state index contributed by atoms with van der Waals surface area (Å²) < 4.78 is 39.0. The summed E-state index contributed by atoms with van der Waals surface area (Å²) in [4.78, 5) is 14.7. The summed E-state index contributed by atoms with van der Waals surface area (Å²) in [7, 11) is 0. The number of alkyl halides is 3. The number of halogens is 3. The first kappa shape index (κ1) is 15.4. The summed E-state index contributed by atoms with van der Waals surface area (Å²) in [5.41, 5.74) is -1.35. The fourth-order valence-electron chi connectivity index (χ4n) is 2.11. The number of benzene rings is 1. The van der Waals surface area contributed by atoms with E-state index in [9.17, 15) is 23.1 Å². The Hall–Kier alpha value is -2.02. The van der Waals surface area contributed by atoms with Gasteiger partial charge in [-0.2, -0.15) is 13.2 Å². The number of hydrogen-bond acceptors (Lipinski definition) is 3. The summed E-state index contributed by atoms with van der Waals surface area (Å²) in [6, 6.07) is 8.01. The third-order valence-electron chi connectivity index (χ3n) is 2.97. The fourth-order valence-corrected chi connectivity index (χ4v) is 2.42. The highest BCUT2D eigenvalue weighted by Gasteiger charge is 2.37. The molecule has 1 aromatic carbocycles. The van der Waals surface area contributed by atoms with Crippen LogP contribution in [0.1, 0.15) is 21.6 Å². The molecule has 3 nitrogen and oxygen atoms in total. The van der Waals surface area contributed by atoms with Gasteiger partial charge in [0.25, 0.3) is 0 Å². The van der Waals surface area contributed by atoms with Crippen molar-refractivity contribution < 1.29 is 23.1 Å². The molecule has 0 unspecified atom stereocenters. The Bertz CT molecular complexity index is 700. The zero-order chi connectivity index (χ0) is 15.8. The fraction of sp³-hybridized carbons (Fsp3) is 0.143. The van der Waals surface area contributed by atoms with Crippen LogP contribution in [0.5, 0.6) is 0 Å². The van der Waals surface area contributed by atoms with Crippen molar-refractivity contribution in [2.45, 2.75) is 18.1 Å². The maximum absolute atomic E-state index is 13.0. The summed E-state index contributed by atoms with van der Waals surface area (Å²) in [6.07, 6.45) is -4.68. The monoisotopic (exact) mass is 313 g/mol. The highest BCUT2D eigenvalue weighted by atomic mass is 32.1. The Kier molecular flexibility index (Phi) is 3.95. The molecule has 110 valence electrons. The van der Waals surface area contributed by atoms with E-state index in [0.717, 1.165) is 0 Å². The molecule has 0 saturated carbocycles. The molecule has 0 atom stereocenters. The molecule has 7 heteroatoms. The van der Waals surface area contributed by atoms with Gasteiger partial charge in [0, 0.05) is 5.56 Å². The van der Waals surface area contributed by atoms with Crippen molar-refractivity contribution in [1.29, 1.82) is 0 Å². The molecule has 0 aliphatic rings. The number of aromatic carboxylic acids is 1. The summed E-state index contributed by atoms with van der Waals surface area (Å²) >= 11 is 3.81. The van der Waals surface area contributed by atoms with Crippen molar-refractivity contribution >= 4 is 18.6 Å². The van der Waals surface area contributed by atoms with Crippen molar-refractivity contribution in [3.8, 4) is 11.1 Å². The average molecular weight is 313 g/mol. The molecule has 21 heavy (non-hydrogen) atoms. The van der Waals surface area contributed by atoms with E-state index >= 15 is 0 Å². The quantitative estimate of drug-likeness (QED) is 0.822. The van der Waals surface area contributed by atoms with Gasteiger partial charge in [-0.05, 0) is 18.1 Å². The molecule has 2 aromatic rings. The number of aromatic nitrogens is 1. The maximum atomic E-state index is 13.0. The van der Waals surface area contributed by atoms with E-state index in [2.05, 4.69) is 17.6 Å². The normalized spacial score (nSPS) is 11.5. The minimum atomic E-state index is -4.68. The molecule has 2 rings (SSSR count). The van der Waals surface area contributed by atoms with Crippen molar-refractivity contribution in [3.63, 3.8) is 0 Å². The largest absolute Gasteiger partial charge is 0.478 e. The third kappa shape index (κ3) is 2.87. The third-order valence-corrected chi connectivity index (χ3v) is 3.29. The smallest absolute Gasteiger partial charge is 0.433 e. The predicted octanol–water partition coefficient (Wildman–Crippen LogP) is 4.06. The van der Waals surface area contributed by atoms with Crippen LogP contribution in [-0.2, 0) is 6.18 Å². The Morgan fingerprint density at radius 2 is 1.81 bits per heavy atom. The SMILES string of the molecule is Cc1c(C(F)(F)F)nc(S)c(C(=O)O)c1-c1ccccc1. The van der Waals surface area contributed by atoms with Gasteiger partial charge in [-0.1, -0.05) is 30.3 Å². The predicted molar refractivity (Wildman–Crippen MR) is 73.6 cm³/mol. The van der Waals surface area contributed by atoms with Crippen LogP contribution in [0.4, 0.5) is 13.2 Å². The number of carboxylic acid groups (broad SMARTS) is 1. The number of carboxylic acids is 1. The van der Waals surface area contributed by atoms with Crippen molar-refractivity contribution in [2.24, 2.45) is 0 Å². The van der Waals surface area contributed by atoms with Gasteiger partial charge < -0.3 is 5.11 Å². The van der Waals surface area contributed by atoms with E-state index in [4.69, 9.17) is 0 Å². The van der Waals surface area contributed by atoms with E-state index in [0.29, 0.717) is 5.56 Å². The molecular weight excluding hydrogens is 303 g/mol. The number of rotatable bonds is 2. The van der Waals surface area contributed by atoms with E-state index in [-0.39, 0.29) is 16.7 Å². The summed E-state index contributed by atoms with van der Waals surface area (Å²) in [6.45, 7) is 1.21. The molecule has 0 saturated heterocycles. The lowest BCUT2D eigenvalue weighted by Gasteiger charge is -2.17. The van der Waals surface area contributed by atoms with Crippen LogP contribution in [0.2, 0.25) is 0 Å². The molecule has 1 aromatic heterocycles. The highest BCUT2D eigenvalue weighted by molar-refractivity contribution is 7.80. The lowest BCUT2D eigenvalue weighted by Crippen LogP contribution is -2.15. The standard InChI is InChI=1S/C14H10F3NO2S/c1-7-9(8-5-3-2-4-6-8)10(13(19)20)12(21)18-11(7)14(15,16)17/h2-6H,1H3,(H,18,21)(H,19,20). The van der Waals surface area contributed by atoms with Gasteiger partial charge in [0.15, 0.2) is 0 Å². The van der Waals surface area contributed by atoms with Crippen LogP contribution in [0.15, 0.2) is 35.4 Å². The molecule has 1 heterocycles. The summed E-state index contributed by atoms with van der Waals surface area (Å²) in [5.74, 6) is -1.37. The van der Waals surface area contributed by atoms with E-state index < -0.39 is 22.9 Å². The Morgan fingerprint density at radius 3 is 2.29 bits per heavy atom. The highest BCUT2D eigenvalue weighted by Crippen LogP contribution is 2.38. The van der Waals surface area contributed by atoms with Crippen LogP contribution in [0, 0.1) is 6.92 Å². The van der Waals surface area contributed by atoms with E-state index in [1.165, 1.54) is 6.92 Å². The molecule has 0 aliphatic heterocycles. The van der Waals surface area contributed by atoms with Crippen LogP contribution < -0.4 is 0 Å². The first-order chi connectivity index (χ1) is 9.73. The van der Waals surface area contributed by atoms with Gasteiger partial charge in [0.05, 0.1) is 5.56 Å². The lowest BCUT2D eigenvalue weighted by atomic mass is 9.95. The zero-order valence-electron chi connectivity index (χ0n) is 10.8. The van der Waals surface area contributed by atoms with Gasteiger partial charge in [0.2, 0.25) is 0 Å². The van der Waals surface area contributed by atoms with Gasteiger partial charge >= 0.3 is 12.1 Å². The minimum Gasteiger partial charge on any atom is -0.478 e. The van der Waals surface area contributed by atoms with Gasteiger partial charge in [-0.3, -0.25) is 0 Å². The topological polar surface area (TPSA) is 50.2 Å². The van der Waals surface area contributed by atoms with E-state index in [1.807, 2.05) is 0 Å². The van der Waals surface area contributed by atoms with Crippen LogP contribution >= 0.6 is 12.6 Å². The number of hydrogen-bond donors (Lipinski definition) is 2. The minimum absolute atomic E-state index is 0.0181. The molecule has 0 amide bonds. The average Bonchev–Trinajstić information content (AvgIpc) is 2.39. The number of pyridine rings is 1. The van der Waals surface area contributed by atoms with Crippen LogP contribution in [0.3, 0.4) is 0 Å². The lowest BCUT2D eigenvalue weighted by molar-refractivity contribution is -0.142. The van der Waals surface area contributed by atoms with Crippen molar-refractivity contribution in [3.05, 3.63) is 47.2 Å². The molecule has 1 N–H and O–H groups in total. The second kappa shape index (κ2) is 5.40.